The normalized spacial score (nSPS) is 28.8. The van der Waals surface area contributed by atoms with E-state index in [1.165, 1.54) is 0 Å². The molecule has 1 rings (SSSR count). The topological polar surface area (TPSA) is 78.4 Å². The van der Waals surface area contributed by atoms with Crippen LogP contribution in [0.2, 0.25) is 0 Å². The minimum atomic E-state index is -0.990. The van der Waals surface area contributed by atoms with E-state index in [2.05, 4.69) is 24.5 Å². The number of carbonyl (C=O) groups excluding carboxylic acids is 1. The summed E-state index contributed by atoms with van der Waals surface area (Å²) in [6, 6.07) is -1.05. The van der Waals surface area contributed by atoms with Crippen molar-refractivity contribution >= 4 is 12.0 Å². The third-order valence-electron chi connectivity index (χ3n) is 3.97. The van der Waals surface area contributed by atoms with Gasteiger partial charge in [-0.3, -0.25) is 0 Å². The van der Waals surface area contributed by atoms with Gasteiger partial charge < -0.3 is 15.7 Å². The Morgan fingerprint density at radius 3 is 2.32 bits per heavy atom. The van der Waals surface area contributed by atoms with Gasteiger partial charge in [0.05, 0.1) is 0 Å². The van der Waals surface area contributed by atoms with Crippen molar-refractivity contribution in [2.24, 2.45) is 17.8 Å². The van der Waals surface area contributed by atoms with E-state index in [0.29, 0.717) is 11.8 Å². The first kappa shape index (κ1) is 15.8. The zero-order valence-corrected chi connectivity index (χ0v) is 12.3. The van der Waals surface area contributed by atoms with Crippen molar-refractivity contribution in [2.45, 2.75) is 59.0 Å². The highest BCUT2D eigenvalue weighted by Crippen LogP contribution is 2.28. The van der Waals surface area contributed by atoms with Gasteiger partial charge in [0.15, 0.2) is 0 Å². The molecule has 3 N–H and O–H groups in total. The first-order valence-electron chi connectivity index (χ1n) is 7.11. The van der Waals surface area contributed by atoms with Gasteiger partial charge in [-0.15, -0.1) is 0 Å². The number of carbonyl (C=O) groups is 2. The van der Waals surface area contributed by atoms with Crippen LogP contribution in [-0.2, 0) is 4.79 Å². The van der Waals surface area contributed by atoms with Crippen molar-refractivity contribution in [1.82, 2.24) is 10.6 Å². The van der Waals surface area contributed by atoms with E-state index in [0.717, 1.165) is 19.3 Å². The fourth-order valence-electron chi connectivity index (χ4n) is 2.74. The number of amides is 2. The van der Waals surface area contributed by atoms with Crippen LogP contribution in [0.1, 0.15) is 47.0 Å². The molecule has 0 radical (unpaired) electrons. The van der Waals surface area contributed by atoms with E-state index in [1.807, 2.05) is 0 Å². The molecular weight excluding hydrogens is 244 g/mol. The van der Waals surface area contributed by atoms with Crippen LogP contribution in [0.3, 0.4) is 0 Å². The Kier molecular flexibility index (Phi) is 5.63. The molecule has 2 amide bonds. The molecule has 0 bridgehead atoms. The average molecular weight is 270 g/mol. The third-order valence-corrected chi connectivity index (χ3v) is 3.97. The van der Waals surface area contributed by atoms with E-state index in [1.54, 1.807) is 13.8 Å². The quantitative estimate of drug-likeness (QED) is 0.733. The molecule has 1 aliphatic carbocycles. The minimum Gasteiger partial charge on any atom is -0.480 e. The third kappa shape index (κ3) is 4.73. The fraction of sp³-hybridized carbons (Fsp3) is 0.857. The molecule has 1 saturated carbocycles. The van der Waals surface area contributed by atoms with Crippen molar-refractivity contribution < 1.29 is 14.7 Å². The van der Waals surface area contributed by atoms with Crippen LogP contribution in [-0.4, -0.2) is 29.2 Å². The summed E-state index contributed by atoms with van der Waals surface area (Å²) in [5.41, 5.74) is 0. The van der Waals surface area contributed by atoms with Gasteiger partial charge in [-0.1, -0.05) is 27.7 Å². The van der Waals surface area contributed by atoms with Gasteiger partial charge >= 0.3 is 12.0 Å². The van der Waals surface area contributed by atoms with Crippen LogP contribution in [0.5, 0.6) is 0 Å². The predicted molar refractivity (Wildman–Crippen MR) is 73.9 cm³/mol. The number of hydrogen-bond donors (Lipinski definition) is 3. The molecule has 0 aromatic heterocycles. The van der Waals surface area contributed by atoms with E-state index < -0.39 is 12.0 Å². The van der Waals surface area contributed by atoms with Crippen molar-refractivity contribution in [3.8, 4) is 0 Å². The Labute approximate surface area is 115 Å². The zero-order chi connectivity index (χ0) is 14.6. The SMILES string of the molecule is CC1CCC(NC(=O)N[C@H](C(=O)O)C(C)C)C(C)C1. The first-order chi connectivity index (χ1) is 8.81. The molecule has 1 aliphatic rings. The smallest absolute Gasteiger partial charge is 0.326 e. The van der Waals surface area contributed by atoms with E-state index in [4.69, 9.17) is 5.11 Å². The number of carboxylic acid groups (broad SMARTS) is 1. The maximum atomic E-state index is 11.9. The lowest BCUT2D eigenvalue weighted by Crippen LogP contribution is -2.53. The van der Waals surface area contributed by atoms with Crippen LogP contribution in [0.15, 0.2) is 0 Å². The molecule has 3 unspecified atom stereocenters. The Morgan fingerprint density at radius 1 is 1.21 bits per heavy atom. The summed E-state index contributed by atoms with van der Waals surface area (Å²) in [6.45, 7) is 7.93. The van der Waals surface area contributed by atoms with Crippen LogP contribution in [0.4, 0.5) is 4.79 Å². The maximum Gasteiger partial charge on any atom is 0.326 e. The largest absolute Gasteiger partial charge is 0.480 e. The summed E-state index contributed by atoms with van der Waals surface area (Å²) in [7, 11) is 0. The second kappa shape index (κ2) is 6.78. The minimum absolute atomic E-state index is 0.132. The molecule has 19 heavy (non-hydrogen) atoms. The van der Waals surface area contributed by atoms with Gasteiger partial charge in [0.25, 0.3) is 0 Å². The standard InChI is InChI=1S/C14H26N2O3/c1-8(2)12(13(17)18)16-14(19)15-11-6-5-9(3)7-10(11)4/h8-12H,5-7H2,1-4H3,(H,17,18)(H2,15,16,19)/t9?,10?,11?,12-/m0/s1. The van der Waals surface area contributed by atoms with Crippen molar-refractivity contribution in [3.63, 3.8) is 0 Å². The average Bonchev–Trinajstić information content (AvgIpc) is 2.29. The summed E-state index contributed by atoms with van der Waals surface area (Å²) in [5.74, 6) is 0.0258. The van der Waals surface area contributed by atoms with Crippen molar-refractivity contribution in [3.05, 3.63) is 0 Å². The van der Waals surface area contributed by atoms with E-state index >= 15 is 0 Å². The predicted octanol–water partition coefficient (Wildman–Crippen LogP) is 2.22. The van der Waals surface area contributed by atoms with Crippen molar-refractivity contribution in [2.75, 3.05) is 0 Å². The molecule has 1 fully saturated rings. The van der Waals surface area contributed by atoms with Gasteiger partial charge in [-0.2, -0.15) is 0 Å². The lowest BCUT2D eigenvalue weighted by Gasteiger charge is -2.33. The summed E-state index contributed by atoms with van der Waals surface area (Å²) >= 11 is 0. The summed E-state index contributed by atoms with van der Waals surface area (Å²) in [6.07, 6.45) is 3.19. The number of rotatable bonds is 4. The molecule has 5 heteroatoms. The van der Waals surface area contributed by atoms with E-state index in [9.17, 15) is 9.59 Å². The van der Waals surface area contributed by atoms with Gasteiger partial charge in [0.1, 0.15) is 6.04 Å². The monoisotopic (exact) mass is 270 g/mol. The van der Waals surface area contributed by atoms with Crippen LogP contribution >= 0.6 is 0 Å². The lowest BCUT2D eigenvalue weighted by atomic mass is 9.80. The lowest BCUT2D eigenvalue weighted by molar-refractivity contribution is -0.140. The molecular formula is C14H26N2O3. The van der Waals surface area contributed by atoms with Gasteiger partial charge in [-0.05, 0) is 37.0 Å². The molecule has 110 valence electrons. The fourth-order valence-corrected chi connectivity index (χ4v) is 2.74. The summed E-state index contributed by atoms with van der Waals surface area (Å²) < 4.78 is 0. The van der Waals surface area contributed by atoms with Gasteiger partial charge in [0.2, 0.25) is 0 Å². The van der Waals surface area contributed by atoms with Gasteiger partial charge in [0, 0.05) is 6.04 Å². The maximum absolute atomic E-state index is 11.9. The van der Waals surface area contributed by atoms with Crippen LogP contribution in [0, 0.1) is 17.8 Å². The summed E-state index contributed by atoms with van der Waals surface area (Å²) in [4.78, 5) is 22.9. The molecule has 0 spiro atoms. The number of urea groups is 1. The highest BCUT2D eigenvalue weighted by atomic mass is 16.4. The highest BCUT2D eigenvalue weighted by molar-refractivity contribution is 5.82. The second-order valence-corrected chi connectivity index (χ2v) is 6.18. The Bertz CT molecular complexity index is 331. The van der Waals surface area contributed by atoms with Crippen LogP contribution < -0.4 is 10.6 Å². The van der Waals surface area contributed by atoms with Crippen molar-refractivity contribution in [1.29, 1.82) is 0 Å². The van der Waals surface area contributed by atoms with Gasteiger partial charge in [-0.25, -0.2) is 9.59 Å². The molecule has 0 aromatic carbocycles. The first-order valence-corrected chi connectivity index (χ1v) is 7.11. The van der Waals surface area contributed by atoms with E-state index in [-0.39, 0.29) is 18.0 Å². The Hall–Kier alpha value is -1.26. The molecule has 0 aliphatic heterocycles. The number of nitrogens with one attached hydrogen (secondary N) is 2. The highest BCUT2D eigenvalue weighted by Gasteiger charge is 2.28. The second-order valence-electron chi connectivity index (χ2n) is 6.18. The Balaban J connectivity index is 2.48. The molecule has 0 aromatic rings. The number of hydrogen-bond acceptors (Lipinski definition) is 2. The number of carboxylic acids is 1. The zero-order valence-electron chi connectivity index (χ0n) is 12.3. The molecule has 0 heterocycles. The molecule has 4 atom stereocenters. The number of aliphatic carboxylic acids is 1. The van der Waals surface area contributed by atoms with Crippen LogP contribution in [0.25, 0.3) is 0 Å². The Morgan fingerprint density at radius 2 is 1.84 bits per heavy atom. The molecule has 0 saturated heterocycles. The molecule has 5 nitrogen and oxygen atoms in total. The summed E-state index contributed by atoms with van der Waals surface area (Å²) in [5, 5.41) is 14.5.